The molecule has 10 atom stereocenters. The maximum absolute atomic E-state index is 11.0. The summed E-state index contributed by atoms with van der Waals surface area (Å²) in [5.74, 6) is 1.84. The van der Waals surface area contributed by atoms with E-state index >= 15 is 0 Å². The van der Waals surface area contributed by atoms with E-state index in [-0.39, 0.29) is 48.6 Å². The molecule has 38 heavy (non-hydrogen) atoms. The van der Waals surface area contributed by atoms with Crippen LogP contribution in [0.15, 0.2) is 36.4 Å². The summed E-state index contributed by atoms with van der Waals surface area (Å²) in [4.78, 5) is 11.0. The highest BCUT2D eigenvalue weighted by atomic mass is 16.6. The predicted octanol–water partition coefficient (Wildman–Crippen LogP) is 6.30. The van der Waals surface area contributed by atoms with Crippen molar-refractivity contribution in [1.29, 1.82) is 0 Å². The maximum Gasteiger partial charge on any atom is 0.120 e. The van der Waals surface area contributed by atoms with E-state index in [2.05, 4.69) is 34.3 Å². The maximum atomic E-state index is 11.0. The summed E-state index contributed by atoms with van der Waals surface area (Å²) in [6, 6.07) is 8.03. The molecule has 3 fully saturated rings. The number of fused-ring (bicyclic) bond motifs is 1. The summed E-state index contributed by atoms with van der Waals surface area (Å²) in [6.45, 7) is 13.9. The number of ether oxygens (including phenoxy) is 5. The molecule has 3 saturated heterocycles. The molecule has 3 aliphatic rings. The normalized spacial score (nSPS) is 37.4. The standard InChI is InChI=1S/C32H48O6/c1-7-9-27-21(3)17-29-32(38-27)23(5)31(35-19-24-11-13-25(34-6)14-12-24)30(37-29)18-28-22(4)20(2)16-26(36-28)10-8-15-33/h11-15,20-21,23,26-32H,4,7-10,16-19H2,1-3,5-6H3/t20-,21?,23-,26+,27-,28?,29+,30+,31-,32+/m1/s1. The quantitative estimate of drug-likeness (QED) is 0.248. The second-order valence-electron chi connectivity index (χ2n) is 11.8. The third-order valence-electron chi connectivity index (χ3n) is 8.94. The molecule has 6 nitrogen and oxygen atoms in total. The van der Waals surface area contributed by atoms with Gasteiger partial charge in [0.05, 0.1) is 56.4 Å². The Hall–Kier alpha value is -1.73. The molecule has 3 aliphatic heterocycles. The number of carbonyl (C=O) groups excluding carboxylic acids is 1. The summed E-state index contributed by atoms with van der Waals surface area (Å²) < 4.78 is 32.0. The monoisotopic (exact) mass is 528 g/mol. The van der Waals surface area contributed by atoms with Crippen LogP contribution < -0.4 is 4.74 Å². The van der Waals surface area contributed by atoms with Gasteiger partial charge in [0, 0.05) is 18.8 Å². The molecule has 0 aromatic heterocycles. The van der Waals surface area contributed by atoms with Crippen molar-refractivity contribution in [2.75, 3.05) is 7.11 Å². The highest BCUT2D eigenvalue weighted by Crippen LogP contribution is 2.42. The fourth-order valence-corrected chi connectivity index (χ4v) is 6.60. The summed E-state index contributed by atoms with van der Waals surface area (Å²) in [5.41, 5.74) is 2.22. The van der Waals surface area contributed by atoms with Gasteiger partial charge in [-0.15, -0.1) is 0 Å². The molecule has 0 saturated carbocycles. The first kappa shape index (κ1) is 29.3. The minimum atomic E-state index is -0.129. The first-order chi connectivity index (χ1) is 18.3. The number of methoxy groups -OCH3 is 1. The van der Waals surface area contributed by atoms with Crippen LogP contribution in [0, 0.1) is 17.8 Å². The molecule has 0 aliphatic carbocycles. The Bertz CT molecular complexity index is 900. The molecule has 6 heteroatoms. The van der Waals surface area contributed by atoms with E-state index in [4.69, 9.17) is 23.7 Å². The molecule has 0 amide bonds. The van der Waals surface area contributed by atoms with Crippen LogP contribution >= 0.6 is 0 Å². The second-order valence-corrected chi connectivity index (χ2v) is 11.8. The Morgan fingerprint density at radius 3 is 2.47 bits per heavy atom. The fourth-order valence-electron chi connectivity index (χ4n) is 6.60. The van der Waals surface area contributed by atoms with Crippen LogP contribution in [0.5, 0.6) is 5.75 Å². The minimum Gasteiger partial charge on any atom is -0.497 e. The molecule has 0 bridgehead atoms. The van der Waals surface area contributed by atoms with E-state index < -0.39 is 0 Å². The number of rotatable bonds is 11. The van der Waals surface area contributed by atoms with Crippen molar-refractivity contribution in [2.45, 2.75) is 122 Å². The van der Waals surface area contributed by atoms with E-state index in [1.165, 1.54) is 0 Å². The Morgan fingerprint density at radius 2 is 1.79 bits per heavy atom. The van der Waals surface area contributed by atoms with Gasteiger partial charge in [-0.3, -0.25) is 0 Å². The smallest absolute Gasteiger partial charge is 0.120 e. The summed E-state index contributed by atoms with van der Waals surface area (Å²) in [6.07, 6.45) is 7.15. The van der Waals surface area contributed by atoms with E-state index in [0.29, 0.717) is 31.3 Å². The highest BCUT2D eigenvalue weighted by molar-refractivity contribution is 5.49. The van der Waals surface area contributed by atoms with Crippen LogP contribution in [-0.4, -0.2) is 56.1 Å². The lowest BCUT2D eigenvalue weighted by Crippen LogP contribution is -2.59. The van der Waals surface area contributed by atoms with Gasteiger partial charge in [0.25, 0.3) is 0 Å². The van der Waals surface area contributed by atoms with Gasteiger partial charge in [0.1, 0.15) is 12.0 Å². The van der Waals surface area contributed by atoms with Crippen molar-refractivity contribution in [2.24, 2.45) is 17.8 Å². The van der Waals surface area contributed by atoms with Crippen molar-refractivity contribution < 1.29 is 28.5 Å². The molecule has 3 heterocycles. The first-order valence-electron chi connectivity index (χ1n) is 14.7. The summed E-state index contributed by atoms with van der Waals surface area (Å²) in [7, 11) is 1.68. The molecule has 2 unspecified atom stereocenters. The van der Waals surface area contributed by atoms with Gasteiger partial charge >= 0.3 is 0 Å². The molecule has 4 rings (SSSR count). The van der Waals surface area contributed by atoms with Crippen LogP contribution in [0.3, 0.4) is 0 Å². The Morgan fingerprint density at radius 1 is 1.03 bits per heavy atom. The summed E-state index contributed by atoms with van der Waals surface area (Å²) in [5, 5.41) is 0. The van der Waals surface area contributed by atoms with Crippen molar-refractivity contribution >= 4 is 6.29 Å². The topological polar surface area (TPSA) is 63.2 Å². The largest absolute Gasteiger partial charge is 0.497 e. The van der Waals surface area contributed by atoms with Crippen LogP contribution in [0.25, 0.3) is 0 Å². The zero-order chi connectivity index (χ0) is 27.2. The van der Waals surface area contributed by atoms with E-state index in [1.807, 2.05) is 24.3 Å². The SMILES string of the molecule is C=C1C(C[C@@H]2O[C@H]3CC(C)[C@@H](CCC)O[C@H]3[C@H](C)[C@H]2OCc2ccc(OC)cc2)O[C@@H](CCC=O)C[C@H]1C. The van der Waals surface area contributed by atoms with Gasteiger partial charge in [-0.1, -0.05) is 52.8 Å². The zero-order valence-corrected chi connectivity index (χ0v) is 24.0. The van der Waals surface area contributed by atoms with Crippen LogP contribution in [0.4, 0.5) is 0 Å². The second kappa shape index (κ2) is 13.6. The van der Waals surface area contributed by atoms with Gasteiger partial charge in [-0.05, 0) is 60.8 Å². The average molecular weight is 529 g/mol. The van der Waals surface area contributed by atoms with Crippen LogP contribution in [0.2, 0.25) is 0 Å². The zero-order valence-electron chi connectivity index (χ0n) is 24.0. The van der Waals surface area contributed by atoms with Gasteiger partial charge in [0.15, 0.2) is 0 Å². The Labute approximate surface area is 229 Å². The molecule has 0 spiro atoms. The van der Waals surface area contributed by atoms with Crippen molar-refractivity contribution in [1.82, 2.24) is 0 Å². The average Bonchev–Trinajstić information content (AvgIpc) is 2.91. The minimum absolute atomic E-state index is 0.0228. The van der Waals surface area contributed by atoms with Gasteiger partial charge < -0.3 is 28.5 Å². The number of benzene rings is 1. The molecule has 1 aromatic rings. The molecule has 1 aromatic carbocycles. The molecular weight excluding hydrogens is 480 g/mol. The molecule has 0 N–H and O–H groups in total. The number of hydrogen-bond donors (Lipinski definition) is 0. The number of aldehydes is 1. The van der Waals surface area contributed by atoms with Gasteiger partial charge in [-0.2, -0.15) is 0 Å². The molecular formula is C32H48O6. The van der Waals surface area contributed by atoms with Gasteiger partial charge in [0.2, 0.25) is 0 Å². The van der Waals surface area contributed by atoms with E-state index in [9.17, 15) is 4.79 Å². The van der Waals surface area contributed by atoms with Crippen LogP contribution in [0.1, 0.15) is 78.2 Å². The Kier molecular flexibility index (Phi) is 10.4. The predicted molar refractivity (Wildman–Crippen MR) is 148 cm³/mol. The first-order valence-corrected chi connectivity index (χ1v) is 14.7. The van der Waals surface area contributed by atoms with Gasteiger partial charge in [-0.25, -0.2) is 0 Å². The molecule has 0 radical (unpaired) electrons. The summed E-state index contributed by atoms with van der Waals surface area (Å²) >= 11 is 0. The van der Waals surface area contributed by atoms with Crippen molar-refractivity contribution in [3.05, 3.63) is 42.0 Å². The van der Waals surface area contributed by atoms with Crippen LogP contribution in [-0.2, 0) is 30.3 Å². The van der Waals surface area contributed by atoms with E-state index in [1.54, 1.807) is 7.11 Å². The third-order valence-corrected chi connectivity index (χ3v) is 8.94. The lowest BCUT2D eigenvalue weighted by Gasteiger charge is -2.51. The van der Waals surface area contributed by atoms with Crippen molar-refractivity contribution in [3.63, 3.8) is 0 Å². The van der Waals surface area contributed by atoms with E-state index in [0.717, 1.165) is 55.3 Å². The number of carbonyl (C=O) groups is 1. The highest BCUT2D eigenvalue weighted by Gasteiger charge is 2.50. The fraction of sp³-hybridized carbons (Fsp3) is 0.719. The lowest BCUT2D eigenvalue weighted by atomic mass is 9.78. The molecule has 212 valence electrons. The lowest BCUT2D eigenvalue weighted by molar-refractivity contribution is -0.269. The number of hydrogen-bond acceptors (Lipinski definition) is 6. The van der Waals surface area contributed by atoms with Crippen molar-refractivity contribution in [3.8, 4) is 5.75 Å². The third kappa shape index (κ3) is 6.88. The Balaban J connectivity index is 1.52.